The van der Waals surface area contributed by atoms with Crippen molar-refractivity contribution in [2.75, 3.05) is 5.32 Å². The Hall–Kier alpha value is -4.33. The number of amides is 2. The molecule has 2 aromatic heterocycles. The summed E-state index contributed by atoms with van der Waals surface area (Å²) in [4.78, 5) is 25.3. The highest BCUT2D eigenvalue weighted by molar-refractivity contribution is 6.02. The normalized spacial score (nSPS) is 13.0. The second kappa shape index (κ2) is 8.90. The molecular weight excluding hydrogens is 432 g/mol. The molecule has 172 valence electrons. The van der Waals surface area contributed by atoms with Crippen LogP contribution in [0.5, 0.6) is 5.75 Å². The Morgan fingerprint density at radius 3 is 2.71 bits per heavy atom. The van der Waals surface area contributed by atoms with Crippen LogP contribution < -0.4 is 10.6 Å². The number of furan rings is 1. The van der Waals surface area contributed by atoms with Crippen molar-refractivity contribution >= 4 is 17.6 Å². The van der Waals surface area contributed by atoms with Crippen molar-refractivity contribution in [2.45, 2.75) is 32.2 Å². The maximum Gasteiger partial charge on any atom is 0.342 e. The standard InChI is InChI=1S/C26H24N4O4/c1-16-4-2-5-17(12-16)15-27-26(33)30-22(18-7-8-18)14-21(29-30)20-13-19(9-10-23(20)31)28-25(32)24-6-3-11-34-24/h2-6,9-14,18,31H,7-8,15H2,1H3,(H,27,33)(H,28,32). The summed E-state index contributed by atoms with van der Waals surface area (Å²) in [7, 11) is 0. The van der Waals surface area contributed by atoms with Gasteiger partial charge >= 0.3 is 6.03 Å². The zero-order chi connectivity index (χ0) is 23.7. The third kappa shape index (κ3) is 4.56. The monoisotopic (exact) mass is 456 g/mol. The minimum absolute atomic E-state index is 0.00293. The average molecular weight is 457 g/mol. The maximum absolute atomic E-state index is 13.0. The number of benzene rings is 2. The summed E-state index contributed by atoms with van der Waals surface area (Å²) in [6, 6.07) is 17.4. The zero-order valence-corrected chi connectivity index (χ0v) is 18.6. The van der Waals surface area contributed by atoms with Crippen LogP contribution in [0.4, 0.5) is 10.5 Å². The number of carbonyl (C=O) groups is 2. The van der Waals surface area contributed by atoms with Gasteiger partial charge in [0.2, 0.25) is 0 Å². The Balaban J connectivity index is 1.39. The van der Waals surface area contributed by atoms with Crippen molar-refractivity contribution in [2.24, 2.45) is 0 Å². The number of hydrogen-bond acceptors (Lipinski definition) is 5. The van der Waals surface area contributed by atoms with E-state index in [4.69, 9.17) is 4.42 Å². The fraction of sp³-hybridized carbons (Fsp3) is 0.192. The molecule has 0 saturated heterocycles. The molecule has 0 bridgehead atoms. The number of anilines is 1. The van der Waals surface area contributed by atoms with Gasteiger partial charge in [-0.05, 0) is 61.7 Å². The second-order valence-electron chi connectivity index (χ2n) is 8.45. The van der Waals surface area contributed by atoms with Crippen molar-refractivity contribution in [3.05, 3.63) is 89.5 Å². The first-order chi connectivity index (χ1) is 16.5. The van der Waals surface area contributed by atoms with Crippen LogP contribution in [0.1, 0.15) is 46.1 Å². The SMILES string of the molecule is Cc1cccc(CNC(=O)n2nc(-c3cc(NC(=O)c4ccco4)ccc3O)cc2C2CC2)c1. The number of nitrogens with one attached hydrogen (secondary N) is 2. The predicted molar refractivity (Wildman–Crippen MR) is 127 cm³/mol. The van der Waals surface area contributed by atoms with Crippen LogP contribution in [0.25, 0.3) is 11.3 Å². The molecular formula is C26H24N4O4. The van der Waals surface area contributed by atoms with Crippen LogP contribution >= 0.6 is 0 Å². The second-order valence-corrected chi connectivity index (χ2v) is 8.45. The molecule has 4 aromatic rings. The van der Waals surface area contributed by atoms with Gasteiger partial charge in [-0.25, -0.2) is 4.79 Å². The molecule has 0 unspecified atom stereocenters. The summed E-state index contributed by atoms with van der Waals surface area (Å²) in [5, 5.41) is 20.7. The minimum Gasteiger partial charge on any atom is -0.507 e. The quantitative estimate of drug-likeness (QED) is 0.352. The molecule has 0 spiro atoms. The largest absolute Gasteiger partial charge is 0.507 e. The van der Waals surface area contributed by atoms with Gasteiger partial charge in [0, 0.05) is 23.7 Å². The third-order valence-electron chi connectivity index (χ3n) is 5.73. The van der Waals surface area contributed by atoms with Crippen molar-refractivity contribution in [1.29, 1.82) is 0 Å². The van der Waals surface area contributed by atoms with Crippen molar-refractivity contribution in [3.8, 4) is 17.0 Å². The van der Waals surface area contributed by atoms with E-state index in [2.05, 4.69) is 15.7 Å². The number of carbonyl (C=O) groups excluding carboxylic acids is 2. The summed E-state index contributed by atoms with van der Waals surface area (Å²) < 4.78 is 6.51. The van der Waals surface area contributed by atoms with E-state index in [9.17, 15) is 14.7 Å². The first-order valence-electron chi connectivity index (χ1n) is 11.1. The predicted octanol–water partition coefficient (Wildman–Crippen LogP) is 5.04. The van der Waals surface area contributed by atoms with Gasteiger partial charge in [-0.2, -0.15) is 9.78 Å². The number of rotatable bonds is 6. The molecule has 1 aliphatic rings. The smallest absolute Gasteiger partial charge is 0.342 e. The Morgan fingerprint density at radius 2 is 1.97 bits per heavy atom. The van der Waals surface area contributed by atoms with Crippen LogP contribution in [0.2, 0.25) is 0 Å². The molecule has 34 heavy (non-hydrogen) atoms. The zero-order valence-electron chi connectivity index (χ0n) is 18.6. The lowest BCUT2D eigenvalue weighted by Gasteiger charge is -2.09. The number of nitrogens with zero attached hydrogens (tertiary/aromatic N) is 2. The lowest BCUT2D eigenvalue weighted by Crippen LogP contribution is -2.30. The van der Waals surface area contributed by atoms with Gasteiger partial charge in [0.1, 0.15) is 5.75 Å². The molecule has 0 radical (unpaired) electrons. The van der Waals surface area contributed by atoms with Gasteiger partial charge in [0.15, 0.2) is 5.76 Å². The molecule has 1 fully saturated rings. The summed E-state index contributed by atoms with van der Waals surface area (Å²) in [6.07, 6.45) is 3.40. The first-order valence-corrected chi connectivity index (χ1v) is 11.1. The van der Waals surface area contributed by atoms with Crippen LogP contribution in [0.15, 0.2) is 71.3 Å². The van der Waals surface area contributed by atoms with Gasteiger partial charge in [0.25, 0.3) is 5.91 Å². The van der Waals surface area contributed by atoms with Crippen LogP contribution in [0.3, 0.4) is 0 Å². The number of aryl methyl sites for hydroxylation is 1. The van der Waals surface area contributed by atoms with Crippen molar-refractivity contribution < 1.29 is 19.1 Å². The van der Waals surface area contributed by atoms with E-state index in [1.807, 2.05) is 37.3 Å². The molecule has 0 atom stereocenters. The highest BCUT2D eigenvalue weighted by Gasteiger charge is 2.30. The van der Waals surface area contributed by atoms with Crippen molar-refractivity contribution in [3.63, 3.8) is 0 Å². The molecule has 1 aliphatic carbocycles. The summed E-state index contributed by atoms with van der Waals surface area (Å²) in [5.41, 5.74) is 4.29. The topological polar surface area (TPSA) is 109 Å². The fourth-order valence-corrected chi connectivity index (χ4v) is 3.85. The number of aromatic nitrogens is 2. The summed E-state index contributed by atoms with van der Waals surface area (Å²) >= 11 is 0. The van der Waals surface area contributed by atoms with Gasteiger partial charge < -0.3 is 20.2 Å². The Bertz CT molecular complexity index is 1350. The van der Waals surface area contributed by atoms with E-state index < -0.39 is 5.91 Å². The molecule has 5 rings (SSSR count). The van der Waals surface area contributed by atoms with Crippen molar-refractivity contribution in [1.82, 2.24) is 15.1 Å². The molecule has 8 nitrogen and oxygen atoms in total. The van der Waals surface area contributed by atoms with Crippen LogP contribution in [0, 0.1) is 6.92 Å². The van der Waals surface area contributed by atoms with E-state index in [0.29, 0.717) is 23.5 Å². The lowest BCUT2D eigenvalue weighted by atomic mass is 10.1. The number of phenolic OH excluding ortho intramolecular Hbond substituents is 1. The molecule has 2 aromatic carbocycles. The first kappa shape index (κ1) is 21.5. The molecule has 2 heterocycles. The average Bonchev–Trinajstić information content (AvgIpc) is 3.33. The molecule has 3 N–H and O–H groups in total. The number of phenols is 1. The Labute approximate surface area is 196 Å². The van der Waals surface area contributed by atoms with E-state index in [-0.39, 0.29) is 23.5 Å². The maximum atomic E-state index is 13.0. The summed E-state index contributed by atoms with van der Waals surface area (Å²) in [5.74, 6) is 0.0414. The Kier molecular flexibility index (Phi) is 5.63. The van der Waals surface area contributed by atoms with E-state index in [1.165, 1.54) is 17.0 Å². The molecule has 1 saturated carbocycles. The fourth-order valence-electron chi connectivity index (χ4n) is 3.85. The molecule has 0 aliphatic heterocycles. The van der Waals surface area contributed by atoms with Gasteiger partial charge in [-0.1, -0.05) is 29.8 Å². The van der Waals surface area contributed by atoms with Gasteiger partial charge in [0.05, 0.1) is 17.7 Å². The summed E-state index contributed by atoms with van der Waals surface area (Å²) in [6.45, 7) is 2.40. The van der Waals surface area contributed by atoms with E-state index in [1.54, 1.807) is 24.3 Å². The van der Waals surface area contributed by atoms with E-state index in [0.717, 1.165) is 29.7 Å². The lowest BCUT2D eigenvalue weighted by molar-refractivity contribution is 0.0996. The number of hydrogen-bond donors (Lipinski definition) is 3. The third-order valence-corrected chi connectivity index (χ3v) is 5.73. The Morgan fingerprint density at radius 1 is 1.12 bits per heavy atom. The molecule has 8 heteroatoms. The van der Waals surface area contributed by atoms with Gasteiger partial charge in [-0.3, -0.25) is 4.79 Å². The number of aromatic hydroxyl groups is 1. The van der Waals surface area contributed by atoms with E-state index >= 15 is 0 Å². The van der Waals surface area contributed by atoms with Crippen LogP contribution in [-0.2, 0) is 6.54 Å². The highest BCUT2D eigenvalue weighted by Crippen LogP contribution is 2.42. The van der Waals surface area contributed by atoms with Gasteiger partial charge in [-0.15, -0.1) is 0 Å². The minimum atomic E-state index is -0.402. The highest BCUT2D eigenvalue weighted by atomic mass is 16.3. The molecule has 2 amide bonds. The van der Waals surface area contributed by atoms with Crippen LogP contribution in [-0.4, -0.2) is 26.8 Å².